The van der Waals surface area contributed by atoms with E-state index in [1.54, 1.807) is 0 Å². The predicted molar refractivity (Wildman–Crippen MR) is 108 cm³/mol. The third kappa shape index (κ3) is 4.30. The number of aliphatic hydroxyl groups excluding tert-OH is 1. The van der Waals surface area contributed by atoms with Gasteiger partial charge in [-0.1, -0.05) is 17.3 Å². The first-order valence-corrected chi connectivity index (χ1v) is 9.73. The summed E-state index contributed by atoms with van der Waals surface area (Å²) in [5, 5.41) is 19.2. The second kappa shape index (κ2) is 8.05. The number of rotatable bonds is 7. The fourth-order valence-corrected chi connectivity index (χ4v) is 3.27. The van der Waals surface area contributed by atoms with E-state index in [9.17, 15) is 9.59 Å². The molecule has 0 radical (unpaired) electrons. The van der Waals surface area contributed by atoms with E-state index in [2.05, 4.69) is 15.8 Å². The summed E-state index contributed by atoms with van der Waals surface area (Å²) in [5.74, 6) is -0.269. The van der Waals surface area contributed by atoms with Gasteiger partial charge in [0, 0.05) is 23.5 Å². The smallest absolute Gasteiger partial charge is 0.251 e. The number of benzene rings is 2. The highest BCUT2D eigenvalue weighted by atomic mass is 16.5. The summed E-state index contributed by atoms with van der Waals surface area (Å²) in [6, 6.07) is 11.7. The van der Waals surface area contributed by atoms with Crippen LogP contribution in [-0.2, 0) is 11.2 Å². The molecule has 0 bridgehead atoms. The molecule has 150 valence electrons. The minimum Gasteiger partial charge on any atom is -0.395 e. The van der Waals surface area contributed by atoms with Gasteiger partial charge in [0.2, 0.25) is 5.91 Å². The van der Waals surface area contributed by atoms with Gasteiger partial charge in [0.1, 0.15) is 5.69 Å². The van der Waals surface area contributed by atoms with E-state index in [0.717, 1.165) is 34.9 Å². The third-order valence-corrected chi connectivity index (χ3v) is 5.03. The number of hydrogen-bond acceptors (Lipinski definition) is 5. The number of hydrogen-bond donors (Lipinski definition) is 3. The Morgan fingerprint density at radius 2 is 2.03 bits per heavy atom. The molecule has 1 fully saturated rings. The standard InChI is InChI=1S/C22H23N3O4/c1-13-2-3-15(22(28)24-16-5-6-16)10-18(13)14-4-7-17-19(25-29-20(17)11-14)12-21(27)23-8-9-26/h2-4,7,10-11,16,26H,5-6,8-9,12H2,1H3,(H,23,27)(H,24,28). The molecule has 1 aliphatic carbocycles. The first-order valence-electron chi connectivity index (χ1n) is 9.73. The van der Waals surface area contributed by atoms with Gasteiger partial charge in [0.15, 0.2) is 5.58 Å². The maximum Gasteiger partial charge on any atom is 0.251 e. The normalized spacial score (nSPS) is 13.4. The number of nitrogens with one attached hydrogen (secondary N) is 2. The van der Waals surface area contributed by atoms with Crippen molar-refractivity contribution in [1.82, 2.24) is 15.8 Å². The van der Waals surface area contributed by atoms with Gasteiger partial charge >= 0.3 is 0 Å². The topological polar surface area (TPSA) is 104 Å². The molecule has 7 nitrogen and oxygen atoms in total. The second-order valence-corrected chi connectivity index (χ2v) is 7.37. The van der Waals surface area contributed by atoms with E-state index in [1.165, 1.54) is 0 Å². The molecule has 0 spiro atoms. The Bertz CT molecular complexity index is 1070. The molecule has 0 saturated heterocycles. The fourth-order valence-electron chi connectivity index (χ4n) is 3.27. The number of aliphatic hydroxyl groups is 1. The maximum atomic E-state index is 12.4. The first kappa shape index (κ1) is 19.1. The lowest BCUT2D eigenvalue weighted by Crippen LogP contribution is -2.27. The lowest BCUT2D eigenvalue weighted by atomic mass is 9.97. The lowest BCUT2D eigenvalue weighted by molar-refractivity contribution is -0.120. The molecule has 2 amide bonds. The van der Waals surface area contributed by atoms with Gasteiger partial charge in [-0.2, -0.15) is 0 Å². The van der Waals surface area contributed by atoms with Crippen LogP contribution in [0.1, 0.15) is 34.5 Å². The summed E-state index contributed by atoms with van der Waals surface area (Å²) in [5.41, 5.74) is 4.69. The van der Waals surface area contributed by atoms with Crippen LogP contribution in [0, 0.1) is 6.92 Å². The molecular weight excluding hydrogens is 370 g/mol. The predicted octanol–water partition coefficient (Wildman–Crippen LogP) is 2.35. The molecule has 3 N–H and O–H groups in total. The van der Waals surface area contributed by atoms with Gasteiger partial charge in [-0.25, -0.2) is 0 Å². The van der Waals surface area contributed by atoms with Gasteiger partial charge < -0.3 is 20.3 Å². The monoisotopic (exact) mass is 393 g/mol. The quantitative estimate of drug-likeness (QED) is 0.572. The molecule has 1 aliphatic rings. The van der Waals surface area contributed by atoms with Crippen molar-refractivity contribution in [1.29, 1.82) is 0 Å². The van der Waals surface area contributed by atoms with Crippen LogP contribution in [0.3, 0.4) is 0 Å². The molecule has 4 rings (SSSR count). The molecule has 1 heterocycles. The molecule has 0 aliphatic heterocycles. The van der Waals surface area contributed by atoms with Crippen LogP contribution in [0.2, 0.25) is 0 Å². The number of carbonyl (C=O) groups is 2. The first-order chi connectivity index (χ1) is 14.0. The summed E-state index contributed by atoms with van der Waals surface area (Å²) >= 11 is 0. The van der Waals surface area contributed by atoms with E-state index in [4.69, 9.17) is 9.63 Å². The largest absolute Gasteiger partial charge is 0.395 e. The van der Waals surface area contributed by atoms with Crippen LogP contribution in [-0.4, -0.2) is 41.3 Å². The van der Waals surface area contributed by atoms with Crippen LogP contribution in [0.5, 0.6) is 0 Å². The van der Waals surface area contributed by atoms with E-state index in [0.29, 0.717) is 22.9 Å². The van der Waals surface area contributed by atoms with Crippen molar-refractivity contribution in [2.75, 3.05) is 13.2 Å². The zero-order valence-corrected chi connectivity index (χ0v) is 16.2. The van der Waals surface area contributed by atoms with Crippen LogP contribution in [0.25, 0.3) is 22.1 Å². The van der Waals surface area contributed by atoms with Gasteiger partial charge in [0.25, 0.3) is 5.91 Å². The molecule has 0 unspecified atom stereocenters. The Hall–Kier alpha value is -3.19. The highest BCUT2D eigenvalue weighted by molar-refractivity contribution is 5.96. The van der Waals surface area contributed by atoms with Gasteiger partial charge in [-0.3, -0.25) is 9.59 Å². The third-order valence-electron chi connectivity index (χ3n) is 5.03. The number of carbonyl (C=O) groups excluding carboxylic acids is 2. The summed E-state index contributed by atoms with van der Waals surface area (Å²) in [6.07, 6.45) is 2.18. The van der Waals surface area contributed by atoms with Crippen molar-refractivity contribution in [3.05, 3.63) is 53.2 Å². The SMILES string of the molecule is Cc1ccc(C(=O)NC2CC2)cc1-c1ccc2c(CC(=O)NCCO)noc2c1. The number of nitrogens with zero attached hydrogens (tertiary/aromatic N) is 1. The van der Waals surface area contributed by atoms with E-state index in [-0.39, 0.29) is 31.4 Å². The van der Waals surface area contributed by atoms with Crippen LogP contribution < -0.4 is 10.6 Å². The highest BCUT2D eigenvalue weighted by Gasteiger charge is 2.24. The summed E-state index contributed by atoms with van der Waals surface area (Å²) in [7, 11) is 0. The van der Waals surface area contributed by atoms with Crippen molar-refractivity contribution in [2.45, 2.75) is 32.2 Å². The van der Waals surface area contributed by atoms with Crippen molar-refractivity contribution in [2.24, 2.45) is 0 Å². The van der Waals surface area contributed by atoms with Gasteiger partial charge in [0.05, 0.1) is 13.0 Å². The molecule has 1 saturated carbocycles. The number of aryl methyl sites for hydroxylation is 1. The highest BCUT2D eigenvalue weighted by Crippen LogP contribution is 2.30. The molecule has 0 atom stereocenters. The van der Waals surface area contributed by atoms with Crippen molar-refractivity contribution in [3.8, 4) is 11.1 Å². The number of amides is 2. The Morgan fingerprint density at radius 1 is 1.21 bits per heavy atom. The van der Waals surface area contributed by atoms with Gasteiger partial charge in [-0.15, -0.1) is 0 Å². The molecule has 29 heavy (non-hydrogen) atoms. The Kier molecular flexibility index (Phi) is 5.31. The Balaban J connectivity index is 1.59. The Morgan fingerprint density at radius 3 is 2.79 bits per heavy atom. The molecule has 3 aromatic rings. The van der Waals surface area contributed by atoms with Crippen molar-refractivity contribution >= 4 is 22.8 Å². The molecule has 1 aromatic heterocycles. The minimum atomic E-state index is -0.219. The number of aromatic nitrogens is 1. The maximum absolute atomic E-state index is 12.4. The van der Waals surface area contributed by atoms with Crippen LogP contribution in [0.15, 0.2) is 40.9 Å². The fraction of sp³-hybridized carbons (Fsp3) is 0.318. The van der Waals surface area contributed by atoms with Crippen molar-refractivity contribution in [3.63, 3.8) is 0 Å². The second-order valence-electron chi connectivity index (χ2n) is 7.37. The van der Waals surface area contributed by atoms with Crippen molar-refractivity contribution < 1.29 is 19.2 Å². The van der Waals surface area contributed by atoms with E-state index in [1.807, 2.05) is 43.3 Å². The zero-order valence-electron chi connectivity index (χ0n) is 16.2. The molecule has 2 aromatic carbocycles. The Labute approximate surface area is 168 Å². The zero-order chi connectivity index (χ0) is 20.4. The summed E-state index contributed by atoms with van der Waals surface area (Å²) in [6.45, 7) is 2.11. The van der Waals surface area contributed by atoms with Crippen LogP contribution in [0.4, 0.5) is 0 Å². The van der Waals surface area contributed by atoms with E-state index >= 15 is 0 Å². The average Bonchev–Trinajstić information content (AvgIpc) is 3.45. The number of fused-ring (bicyclic) bond motifs is 1. The summed E-state index contributed by atoms with van der Waals surface area (Å²) < 4.78 is 5.44. The summed E-state index contributed by atoms with van der Waals surface area (Å²) in [4.78, 5) is 24.3. The minimum absolute atomic E-state index is 0.0503. The lowest BCUT2D eigenvalue weighted by Gasteiger charge is -2.10. The average molecular weight is 393 g/mol. The van der Waals surface area contributed by atoms with E-state index < -0.39 is 0 Å². The molecule has 7 heteroatoms. The van der Waals surface area contributed by atoms with Crippen LogP contribution >= 0.6 is 0 Å². The van der Waals surface area contributed by atoms with Gasteiger partial charge in [-0.05, 0) is 60.7 Å². The molecular formula is C22H23N3O4.